The van der Waals surface area contributed by atoms with Crippen LogP contribution in [0.25, 0.3) is 6.08 Å². The molecule has 0 saturated carbocycles. The van der Waals surface area contributed by atoms with Crippen LogP contribution in [-0.4, -0.2) is 11.1 Å². The summed E-state index contributed by atoms with van der Waals surface area (Å²) in [5.41, 5.74) is 2.09. The number of hydrogen-bond donors (Lipinski definition) is 0. The van der Waals surface area contributed by atoms with Gasteiger partial charge in [-0.05, 0) is 71.9 Å². The molecule has 1 saturated heterocycles. The van der Waals surface area contributed by atoms with E-state index in [2.05, 4.69) is 0 Å². The first-order valence-electron chi connectivity index (χ1n) is 9.11. The molecule has 156 valence electrons. The topological polar surface area (TPSA) is 46.6 Å². The third-order valence-electron chi connectivity index (χ3n) is 4.47. The number of imide groups is 1. The molecule has 2 amide bonds. The van der Waals surface area contributed by atoms with Gasteiger partial charge in [0.2, 0.25) is 0 Å². The molecule has 3 aromatic rings. The van der Waals surface area contributed by atoms with Gasteiger partial charge < -0.3 is 4.74 Å². The van der Waals surface area contributed by atoms with E-state index in [4.69, 9.17) is 39.5 Å². The number of amides is 2. The van der Waals surface area contributed by atoms with Gasteiger partial charge in [-0.25, -0.2) is 4.90 Å². The van der Waals surface area contributed by atoms with Crippen LogP contribution in [0.1, 0.15) is 11.1 Å². The van der Waals surface area contributed by atoms with Gasteiger partial charge in [0.05, 0.1) is 10.6 Å². The van der Waals surface area contributed by atoms with E-state index in [-0.39, 0.29) is 11.1 Å². The Morgan fingerprint density at radius 2 is 1.55 bits per heavy atom. The Morgan fingerprint density at radius 3 is 2.23 bits per heavy atom. The predicted octanol–water partition coefficient (Wildman–Crippen LogP) is 7.47. The van der Waals surface area contributed by atoms with Crippen LogP contribution in [0.3, 0.4) is 0 Å². The predicted molar refractivity (Wildman–Crippen MR) is 127 cm³/mol. The van der Waals surface area contributed by atoms with Crippen LogP contribution in [0.15, 0.2) is 71.6 Å². The lowest BCUT2D eigenvalue weighted by Gasteiger charge is -2.12. The third kappa shape index (κ3) is 5.08. The molecule has 0 aliphatic carbocycles. The normalized spacial score (nSPS) is 15.1. The average molecular weight is 491 g/mol. The van der Waals surface area contributed by atoms with Crippen LogP contribution in [0.4, 0.5) is 10.5 Å². The van der Waals surface area contributed by atoms with E-state index in [1.807, 2.05) is 18.2 Å². The molecule has 0 N–H and O–H groups in total. The summed E-state index contributed by atoms with van der Waals surface area (Å²) in [6, 6.07) is 19.0. The van der Waals surface area contributed by atoms with Crippen molar-refractivity contribution < 1.29 is 14.3 Å². The maximum Gasteiger partial charge on any atom is 0.298 e. The molecule has 8 heteroatoms. The minimum absolute atomic E-state index is 0.301. The van der Waals surface area contributed by atoms with Crippen LogP contribution in [-0.2, 0) is 11.4 Å². The van der Waals surface area contributed by atoms with Crippen molar-refractivity contribution in [3.05, 3.63) is 97.8 Å². The van der Waals surface area contributed by atoms with Crippen LogP contribution in [0.5, 0.6) is 5.75 Å². The number of ether oxygens (including phenoxy) is 1. The number of halogens is 3. The fourth-order valence-electron chi connectivity index (χ4n) is 2.89. The van der Waals surface area contributed by atoms with E-state index in [9.17, 15) is 9.59 Å². The van der Waals surface area contributed by atoms with Gasteiger partial charge in [0.25, 0.3) is 11.1 Å². The van der Waals surface area contributed by atoms with Crippen molar-refractivity contribution in [1.29, 1.82) is 0 Å². The van der Waals surface area contributed by atoms with Crippen molar-refractivity contribution >= 4 is 69.5 Å². The first-order valence-corrected chi connectivity index (χ1v) is 11.1. The molecule has 1 aliphatic heterocycles. The summed E-state index contributed by atoms with van der Waals surface area (Å²) in [7, 11) is 0. The van der Waals surface area contributed by atoms with E-state index in [1.54, 1.807) is 54.6 Å². The Bertz CT molecular complexity index is 1180. The number of thioether (sulfide) groups is 1. The Kier molecular flexibility index (Phi) is 6.58. The first kappa shape index (κ1) is 21.8. The fourth-order valence-corrected chi connectivity index (χ4v) is 4.32. The van der Waals surface area contributed by atoms with Gasteiger partial charge in [-0.1, -0.05) is 53.0 Å². The van der Waals surface area contributed by atoms with Crippen LogP contribution < -0.4 is 9.64 Å². The summed E-state index contributed by atoms with van der Waals surface area (Å²) in [5.74, 6) is 0.285. The molecular formula is C23H14Cl3NO3S. The molecule has 4 rings (SSSR count). The van der Waals surface area contributed by atoms with Gasteiger partial charge in [0, 0.05) is 20.6 Å². The molecule has 0 radical (unpaired) electrons. The zero-order chi connectivity index (χ0) is 22.0. The molecule has 3 aromatic carbocycles. The zero-order valence-corrected chi connectivity index (χ0v) is 18.9. The molecule has 31 heavy (non-hydrogen) atoms. The van der Waals surface area contributed by atoms with E-state index in [0.717, 1.165) is 27.8 Å². The molecule has 0 bridgehead atoms. The van der Waals surface area contributed by atoms with E-state index in [0.29, 0.717) is 38.0 Å². The quantitative estimate of drug-likeness (QED) is 0.348. The molecule has 0 unspecified atom stereocenters. The lowest BCUT2D eigenvalue weighted by molar-refractivity contribution is -0.113. The highest BCUT2D eigenvalue weighted by atomic mass is 35.5. The SMILES string of the molecule is O=C1S/C(=C/c2ccc(OCc3ccc(Cl)cc3Cl)cc2)C(=O)N1c1ccc(Cl)cc1. The van der Waals surface area contributed by atoms with Crippen LogP contribution in [0, 0.1) is 0 Å². The number of hydrogen-bond acceptors (Lipinski definition) is 4. The molecule has 4 nitrogen and oxygen atoms in total. The number of carbonyl (C=O) groups is 2. The molecule has 1 aliphatic rings. The van der Waals surface area contributed by atoms with Crippen molar-refractivity contribution in [1.82, 2.24) is 0 Å². The second kappa shape index (κ2) is 9.37. The Balaban J connectivity index is 1.45. The van der Waals surface area contributed by atoms with Crippen molar-refractivity contribution in [2.45, 2.75) is 6.61 Å². The molecular weight excluding hydrogens is 477 g/mol. The fraction of sp³-hybridized carbons (Fsp3) is 0.0435. The highest BCUT2D eigenvalue weighted by Crippen LogP contribution is 2.36. The van der Waals surface area contributed by atoms with Gasteiger partial charge in [0.1, 0.15) is 12.4 Å². The van der Waals surface area contributed by atoms with Gasteiger partial charge in [-0.15, -0.1) is 0 Å². The van der Waals surface area contributed by atoms with Crippen molar-refractivity contribution in [3.8, 4) is 5.75 Å². The second-order valence-electron chi connectivity index (χ2n) is 6.59. The Labute approximate surface area is 198 Å². The van der Waals surface area contributed by atoms with Gasteiger partial charge >= 0.3 is 0 Å². The van der Waals surface area contributed by atoms with E-state index >= 15 is 0 Å². The maximum atomic E-state index is 12.7. The average Bonchev–Trinajstić information content (AvgIpc) is 3.02. The molecule has 1 heterocycles. The largest absolute Gasteiger partial charge is 0.489 e. The van der Waals surface area contributed by atoms with Crippen molar-refractivity contribution in [3.63, 3.8) is 0 Å². The molecule has 0 aromatic heterocycles. The van der Waals surface area contributed by atoms with Gasteiger partial charge in [-0.3, -0.25) is 9.59 Å². The minimum Gasteiger partial charge on any atom is -0.489 e. The van der Waals surface area contributed by atoms with Gasteiger partial charge in [-0.2, -0.15) is 0 Å². The third-order valence-corrected chi connectivity index (χ3v) is 6.17. The molecule has 0 spiro atoms. The molecule has 0 atom stereocenters. The number of rotatable bonds is 5. The highest BCUT2D eigenvalue weighted by molar-refractivity contribution is 8.19. The first-order chi connectivity index (χ1) is 14.9. The van der Waals surface area contributed by atoms with Crippen LogP contribution in [0.2, 0.25) is 15.1 Å². The Hall–Kier alpha value is -2.44. The molecule has 1 fully saturated rings. The number of anilines is 1. The lowest BCUT2D eigenvalue weighted by atomic mass is 10.2. The second-order valence-corrected chi connectivity index (χ2v) is 8.86. The van der Waals surface area contributed by atoms with Crippen LogP contribution >= 0.6 is 46.6 Å². The summed E-state index contributed by atoms with van der Waals surface area (Å²) < 4.78 is 5.77. The highest BCUT2D eigenvalue weighted by Gasteiger charge is 2.36. The standard InChI is InChI=1S/C23H14Cl3NO3S/c24-16-5-7-18(8-6-16)27-22(28)21(31-23(27)29)11-14-1-9-19(10-2-14)30-13-15-3-4-17(25)12-20(15)26/h1-12H,13H2/b21-11+. The summed E-state index contributed by atoms with van der Waals surface area (Å²) >= 11 is 18.8. The zero-order valence-electron chi connectivity index (χ0n) is 15.8. The monoisotopic (exact) mass is 489 g/mol. The Morgan fingerprint density at radius 1 is 0.871 bits per heavy atom. The summed E-state index contributed by atoms with van der Waals surface area (Å²) in [5, 5.41) is 1.30. The summed E-state index contributed by atoms with van der Waals surface area (Å²) in [4.78, 5) is 26.6. The van der Waals surface area contributed by atoms with Gasteiger partial charge in [0.15, 0.2) is 0 Å². The number of nitrogens with zero attached hydrogens (tertiary/aromatic N) is 1. The number of carbonyl (C=O) groups excluding carboxylic acids is 2. The maximum absolute atomic E-state index is 12.7. The summed E-state index contributed by atoms with van der Waals surface area (Å²) in [6.45, 7) is 0.301. The van der Waals surface area contributed by atoms with Crippen molar-refractivity contribution in [2.75, 3.05) is 4.90 Å². The smallest absolute Gasteiger partial charge is 0.298 e. The minimum atomic E-state index is -0.366. The van der Waals surface area contributed by atoms with E-state index < -0.39 is 0 Å². The van der Waals surface area contributed by atoms with E-state index in [1.165, 1.54) is 0 Å². The van der Waals surface area contributed by atoms with Crippen molar-refractivity contribution in [2.24, 2.45) is 0 Å². The summed E-state index contributed by atoms with van der Waals surface area (Å²) in [6.07, 6.45) is 1.68. The lowest BCUT2D eigenvalue weighted by Crippen LogP contribution is -2.27. The number of benzene rings is 3.